The lowest BCUT2D eigenvalue weighted by atomic mass is 10.2. The van der Waals surface area contributed by atoms with E-state index in [4.69, 9.17) is 11.6 Å². The fraction of sp³-hybridized carbons (Fsp3) is 0.222. The van der Waals surface area contributed by atoms with Crippen LogP contribution in [0.15, 0.2) is 42.5 Å². The first kappa shape index (κ1) is 18.1. The predicted molar refractivity (Wildman–Crippen MR) is 94.0 cm³/mol. The summed E-state index contributed by atoms with van der Waals surface area (Å²) in [5, 5.41) is 2.66. The van der Waals surface area contributed by atoms with Gasteiger partial charge in [-0.3, -0.25) is 4.79 Å². The van der Waals surface area contributed by atoms with E-state index in [1.54, 1.807) is 12.1 Å². The molecule has 0 radical (unpaired) electrons. The van der Waals surface area contributed by atoms with Crippen molar-refractivity contribution < 1.29 is 18.4 Å². The Morgan fingerprint density at radius 1 is 1.15 bits per heavy atom. The summed E-state index contributed by atoms with van der Waals surface area (Å²) in [6.07, 6.45) is 0. The van der Waals surface area contributed by atoms with Crippen molar-refractivity contribution in [3.05, 3.63) is 64.7 Å². The minimum atomic E-state index is -0.558. The summed E-state index contributed by atoms with van der Waals surface area (Å²) in [5.41, 5.74) is 1.02. The first-order valence-electron chi connectivity index (χ1n) is 7.96. The third-order valence-electron chi connectivity index (χ3n) is 4.06. The first-order valence-corrected chi connectivity index (χ1v) is 8.34. The van der Waals surface area contributed by atoms with Gasteiger partial charge in [-0.05, 0) is 35.9 Å². The maximum absolute atomic E-state index is 13.4. The van der Waals surface area contributed by atoms with Crippen LogP contribution >= 0.6 is 11.6 Å². The Bertz CT molecular complexity index is 847. The highest BCUT2D eigenvalue weighted by Crippen LogP contribution is 2.19. The largest absolute Gasteiger partial charge is 0.334 e. The Hall–Kier alpha value is -2.67. The zero-order valence-electron chi connectivity index (χ0n) is 13.7. The fourth-order valence-electron chi connectivity index (χ4n) is 2.70. The van der Waals surface area contributed by atoms with Crippen molar-refractivity contribution in [1.29, 1.82) is 0 Å². The van der Waals surface area contributed by atoms with E-state index in [0.717, 1.165) is 0 Å². The lowest BCUT2D eigenvalue weighted by Crippen LogP contribution is -2.54. The molecule has 136 valence electrons. The average Bonchev–Trinajstić information content (AvgIpc) is 2.62. The van der Waals surface area contributed by atoms with Crippen molar-refractivity contribution in [3.8, 4) is 0 Å². The maximum Gasteiger partial charge on any atom is 0.318 e. The molecule has 3 amide bonds. The molecule has 0 saturated carbocycles. The van der Waals surface area contributed by atoms with Crippen LogP contribution < -0.4 is 10.2 Å². The molecule has 1 aliphatic rings. The number of anilines is 1. The molecule has 3 rings (SSSR count). The quantitative estimate of drug-likeness (QED) is 0.890. The van der Waals surface area contributed by atoms with Crippen molar-refractivity contribution >= 4 is 29.2 Å². The molecule has 8 heteroatoms. The van der Waals surface area contributed by atoms with Crippen molar-refractivity contribution in [2.75, 3.05) is 24.5 Å². The van der Waals surface area contributed by atoms with Gasteiger partial charge in [0.1, 0.15) is 18.2 Å². The highest BCUT2D eigenvalue weighted by Gasteiger charge is 2.28. The number of benzene rings is 2. The monoisotopic (exact) mass is 379 g/mol. The zero-order valence-corrected chi connectivity index (χ0v) is 14.5. The Morgan fingerprint density at radius 3 is 2.65 bits per heavy atom. The van der Waals surface area contributed by atoms with Crippen molar-refractivity contribution in [1.82, 2.24) is 10.2 Å². The Labute approximate surface area is 154 Å². The maximum atomic E-state index is 13.4. The van der Waals surface area contributed by atoms with Gasteiger partial charge in [0.25, 0.3) is 0 Å². The first-order chi connectivity index (χ1) is 12.4. The van der Waals surface area contributed by atoms with Gasteiger partial charge in [-0.25, -0.2) is 13.6 Å². The highest BCUT2D eigenvalue weighted by atomic mass is 35.5. The van der Waals surface area contributed by atoms with Gasteiger partial charge in [-0.2, -0.15) is 0 Å². The second-order valence-corrected chi connectivity index (χ2v) is 6.26. The number of carbonyl (C=O) groups is 2. The van der Waals surface area contributed by atoms with E-state index in [-0.39, 0.29) is 30.6 Å². The number of carbonyl (C=O) groups excluding carboxylic acids is 2. The number of hydrogen-bond donors (Lipinski definition) is 1. The molecule has 0 spiro atoms. The molecule has 1 fully saturated rings. The lowest BCUT2D eigenvalue weighted by Gasteiger charge is -2.34. The summed E-state index contributed by atoms with van der Waals surface area (Å²) in [4.78, 5) is 27.3. The van der Waals surface area contributed by atoms with Crippen molar-refractivity contribution in [3.63, 3.8) is 0 Å². The van der Waals surface area contributed by atoms with Gasteiger partial charge in [0.2, 0.25) is 5.91 Å². The summed E-state index contributed by atoms with van der Waals surface area (Å²) in [7, 11) is 0. The zero-order chi connectivity index (χ0) is 18.7. The molecular weight excluding hydrogens is 364 g/mol. The molecule has 0 aromatic heterocycles. The average molecular weight is 380 g/mol. The van der Waals surface area contributed by atoms with Crippen LogP contribution in [0.5, 0.6) is 0 Å². The number of nitrogens with zero attached hydrogens (tertiary/aromatic N) is 2. The SMILES string of the molecule is O=C(NCc1ccc(Cl)c(F)c1)N1CCN(c2cccc(F)c2)C(=O)C1. The van der Waals surface area contributed by atoms with Gasteiger partial charge >= 0.3 is 6.03 Å². The third-order valence-corrected chi connectivity index (χ3v) is 4.36. The second-order valence-electron chi connectivity index (χ2n) is 5.85. The van der Waals surface area contributed by atoms with E-state index >= 15 is 0 Å². The van der Waals surface area contributed by atoms with Gasteiger partial charge < -0.3 is 15.1 Å². The van der Waals surface area contributed by atoms with E-state index in [2.05, 4.69) is 5.32 Å². The fourth-order valence-corrected chi connectivity index (χ4v) is 2.82. The summed E-state index contributed by atoms with van der Waals surface area (Å²) < 4.78 is 26.7. The molecule has 0 bridgehead atoms. The summed E-state index contributed by atoms with van der Waals surface area (Å²) in [6, 6.07) is 9.61. The summed E-state index contributed by atoms with van der Waals surface area (Å²) in [5.74, 6) is -1.28. The van der Waals surface area contributed by atoms with Gasteiger partial charge in [-0.1, -0.05) is 23.7 Å². The molecule has 0 unspecified atom stereocenters. The van der Waals surface area contributed by atoms with Crippen LogP contribution in [-0.4, -0.2) is 36.5 Å². The molecular formula is C18H16ClF2N3O2. The third kappa shape index (κ3) is 4.11. The Kier molecular flexibility index (Phi) is 5.37. The molecule has 2 aromatic carbocycles. The van der Waals surface area contributed by atoms with Crippen LogP contribution in [0.2, 0.25) is 5.02 Å². The topological polar surface area (TPSA) is 52.7 Å². The summed E-state index contributed by atoms with van der Waals surface area (Å²) >= 11 is 5.62. The van der Waals surface area contributed by atoms with Crippen LogP contribution in [0.1, 0.15) is 5.56 Å². The smallest absolute Gasteiger partial charge is 0.318 e. The number of rotatable bonds is 3. The molecule has 1 N–H and O–H groups in total. The van der Waals surface area contributed by atoms with Crippen LogP contribution in [-0.2, 0) is 11.3 Å². The molecule has 2 aromatic rings. The van der Waals surface area contributed by atoms with E-state index in [1.807, 2.05) is 0 Å². The van der Waals surface area contributed by atoms with Crippen LogP contribution in [0.25, 0.3) is 0 Å². The minimum Gasteiger partial charge on any atom is -0.334 e. The van der Waals surface area contributed by atoms with Crippen molar-refractivity contribution in [2.45, 2.75) is 6.54 Å². The molecule has 0 aliphatic carbocycles. The minimum absolute atomic E-state index is 0.0131. The summed E-state index contributed by atoms with van der Waals surface area (Å²) in [6.45, 7) is 0.580. The normalized spacial score (nSPS) is 14.5. The molecule has 0 atom stereocenters. The number of nitrogens with one attached hydrogen (secondary N) is 1. The number of hydrogen-bond acceptors (Lipinski definition) is 2. The predicted octanol–water partition coefficient (Wildman–Crippen LogP) is 3.18. The van der Waals surface area contributed by atoms with E-state index in [1.165, 1.54) is 40.1 Å². The number of amides is 3. The standard InChI is InChI=1S/C18H16ClF2N3O2/c19-15-5-4-12(8-16(15)21)10-22-18(26)23-6-7-24(17(25)11-23)14-3-1-2-13(20)9-14/h1-5,8-9H,6-7,10-11H2,(H,22,26). The van der Waals surface area contributed by atoms with E-state index in [9.17, 15) is 18.4 Å². The molecule has 1 heterocycles. The Balaban J connectivity index is 1.57. The van der Waals surface area contributed by atoms with Gasteiger partial charge in [0.05, 0.1) is 5.02 Å². The van der Waals surface area contributed by atoms with Gasteiger partial charge in [-0.15, -0.1) is 0 Å². The van der Waals surface area contributed by atoms with Crippen molar-refractivity contribution in [2.24, 2.45) is 0 Å². The second kappa shape index (κ2) is 7.70. The van der Waals surface area contributed by atoms with E-state index < -0.39 is 17.7 Å². The number of halogens is 3. The van der Waals surface area contributed by atoms with Gasteiger partial charge in [0, 0.05) is 25.3 Å². The number of urea groups is 1. The molecule has 5 nitrogen and oxygen atoms in total. The molecule has 26 heavy (non-hydrogen) atoms. The Morgan fingerprint density at radius 2 is 1.96 bits per heavy atom. The van der Waals surface area contributed by atoms with E-state index in [0.29, 0.717) is 17.8 Å². The van der Waals surface area contributed by atoms with Crippen LogP contribution in [0.3, 0.4) is 0 Å². The van der Waals surface area contributed by atoms with Gasteiger partial charge in [0.15, 0.2) is 0 Å². The molecule has 1 aliphatic heterocycles. The highest BCUT2D eigenvalue weighted by molar-refractivity contribution is 6.30. The lowest BCUT2D eigenvalue weighted by molar-refractivity contribution is -0.120. The number of piperazine rings is 1. The molecule has 1 saturated heterocycles. The van der Waals surface area contributed by atoms with Crippen LogP contribution in [0, 0.1) is 11.6 Å². The van der Waals surface area contributed by atoms with Crippen LogP contribution in [0.4, 0.5) is 19.3 Å².